The zero-order valence-electron chi connectivity index (χ0n) is 91.6. The maximum atomic E-state index is 10.1. The third kappa shape index (κ3) is 53.7. The molecule has 6 unspecified atom stereocenters. The summed E-state index contributed by atoms with van der Waals surface area (Å²) in [7, 11) is 0. The maximum absolute atomic E-state index is 10.1. The average molecular weight is 2000 g/mol. The van der Waals surface area contributed by atoms with Gasteiger partial charge < -0.3 is 122 Å². The Kier molecular flexibility index (Phi) is 69.8. The summed E-state index contributed by atoms with van der Waals surface area (Å²) in [6, 6.07) is -0.724. The van der Waals surface area contributed by atoms with Crippen LogP contribution in [0.25, 0.3) is 20.9 Å². The molecule has 0 amide bonds. The lowest BCUT2D eigenvalue weighted by molar-refractivity contribution is -0.223. The standard InChI is InChI=1S/C22H43N3O2.C22H44O3.C22H42O3.C21H41N3O3.C9H16O4.C8H14O5.C5H10O5/c1-5-7-8-9-10-11-12-13-14-15-16-17-18-20-21(19(6-2)24-25-23)27-22(3,4)26-20;2*1-5-7-8-9-10-11-12-13-14-15-16-17-18-20-21(19(23)6-2)25-22(3,4)24-20;1-4-5-6-7-8-9-10-11-12-13-14-15-16-19-20(18(17-25)23-24-22)27-21(2,3)26-19;1-4-5-6-7(8(10)11-5)13-9(2,3)12-6;1-8(2)12-5-4(3-9)11-7(10)6(5)13-8;6-1-2-3(7)4(8)5(9)10-2/h19-21H,5-18H2,1-4H3;19-21,23H,5-18H2,1-4H3;17-21,23H,5-16H2,1-4H3;18-20,25H,4-17H2,1-3H3;5-8,10H,4H2,1-3H3;4-7,9-10H,3H2,1-2H3;2-9H,1H2/t19-,20+,21-;2*19-,20-,21+;18-,19+,20-;5-,6-,7?,8?;4-,5-,6?,7?;2-,3-,4?,5?/m0110111/s1. The molecule has 10 N–H and O–H groups in total. The first-order chi connectivity index (χ1) is 66.8. The largest absolute Gasteiger partial charge is 0.396 e. The van der Waals surface area contributed by atoms with Crippen LogP contribution >= 0.6 is 0 Å². The van der Waals surface area contributed by atoms with Crippen LogP contribution in [-0.2, 0) is 71.1 Å². The van der Waals surface area contributed by atoms with E-state index in [0.29, 0.717) is 6.42 Å². The Bertz CT molecular complexity index is 3030. The third-order valence-electron chi connectivity index (χ3n) is 27.6. The molecule has 9 aliphatic heterocycles. The van der Waals surface area contributed by atoms with Crippen molar-refractivity contribution in [2.75, 3.05) is 19.8 Å². The highest BCUT2D eigenvalue weighted by atomic mass is 16.8. The van der Waals surface area contributed by atoms with E-state index in [2.05, 4.69) is 64.6 Å². The number of azide groups is 2. The van der Waals surface area contributed by atoms with Crippen molar-refractivity contribution >= 4 is 0 Å². The monoisotopic (exact) mass is 2000 g/mol. The van der Waals surface area contributed by atoms with Gasteiger partial charge in [0.25, 0.3) is 0 Å². The molecule has 0 bridgehead atoms. The molecule has 31 nitrogen and oxygen atoms in total. The quantitative estimate of drug-likeness (QED) is 0.00889. The minimum absolute atomic E-state index is 0.0400. The lowest BCUT2D eigenvalue weighted by atomic mass is 9.98. The molecule has 9 rings (SSSR count). The molecule has 0 saturated carbocycles. The summed E-state index contributed by atoms with van der Waals surface area (Å²) >= 11 is 0. The van der Waals surface area contributed by atoms with Gasteiger partial charge >= 0.3 is 0 Å². The van der Waals surface area contributed by atoms with E-state index in [1.54, 1.807) is 13.8 Å². The van der Waals surface area contributed by atoms with Crippen molar-refractivity contribution in [3.8, 4) is 0 Å². The fraction of sp³-hybridized carbons (Fsp3) is 0.982. The molecule has 0 aromatic carbocycles. The van der Waals surface area contributed by atoms with Gasteiger partial charge in [0.1, 0.15) is 67.1 Å². The number of allylic oxidation sites excluding steroid dienone is 1. The highest BCUT2D eigenvalue weighted by Crippen LogP contribution is 2.43. The first kappa shape index (κ1) is 132. The Hall–Kier alpha value is -2.64. The van der Waals surface area contributed by atoms with Crippen LogP contribution in [0.3, 0.4) is 0 Å². The van der Waals surface area contributed by atoms with Crippen LogP contribution in [0.1, 0.15) is 485 Å². The molecule has 31 heteroatoms. The molecule has 24 atom stereocenters. The van der Waals surface area contributed by atoms with Crippen molar-refractivity contribution in [1.82, 2.24) is 0 Å². The molecular weight excluding hydrogens is 1790 g/mol. The van der Waals surface area contributed by atoms with Crippen LogP contribution in [0, 0.1) is 0 Å². The van der Waals surface area contributed by atoms with Gasteiger partial charge in [-0.3, -0.25) is 0 Å². The van der Waals surface area contributed by atoms with Gasteiger partial charge in [0.05, 0.1) is 80.7 Å². The summed E-state index contributed by atoms with van der Waals surface area (Å²) in [5, 5.41) is 100. The van der Waals surface area contributed by atoms with Crippen LogP contribution in [-0.4, -0.2) is 253 Å². The van der Waals surface area contributed by atoms with E-state index < -0.39 is 109 Å². The van der Waals surface area contributed by atoms with E-state index >= 15 is 0 Å². The van der Waals surface area contributed by atoms with Crippen LogP contribution in [0.4, 0.5) is 0 Å². The van der Waals surface area contributed by atoms with Crippen LogP contribution in [0.2, 0.25) is 0 Å². The van der Waals surface area contributed by atoms with Crippen molar-refractivity contribution in [2.24, 2.45) is 10.2 Å². The molecule has 0 radical (unpaired) electrons. The summed E-state index contributed by atoms with van der Waals surface area (Å²) in [5.74, 6) is -3.72. The molecule has 826 valence electrons. The van der Waals surface area contributed by atoms with Crippen LogP contribution < -0.4 is 0 Å². The third-order valence-corrected chi connectivity index (χ3v) is 27.6. The molecule has 0 aromatic rings. The zero-order valence-corrected chi connectivity index (χ0v) is 91.6. The molecular formula is C109H210N6O25. The molecule has 9 aliphatic rings. The molecule has 0 spiro atoms. The van der Waals surface area contributed by atoms with Crippen molar-refractivity contribution in [2.45, 2.75) is 667 Å². The predicted molar refractivity (Wildman–Crippen MR) is 551 cm³/mol. The predicted octanol–water partition coefficient (Wildman–Crippen LogP) is 23.7. The smallest absolute Gasteiger partial charge is 0.184 e. The van der Waals surface area contributed by atoms with E-state index in [0.717, 1.165) is 57.8 Å². The summed E-state index contributed by atoms with van der Waals surface area (Å²) in [6.45, 7) is 38.9. The van der Waals surface area contributed by atoms with E-state index in [1.807, 2.05) is 96.9 Å². The van der Waals surface area contributed by atoms with E-state index in [1.165, 1.54) is 283 Å². The van der Waals surface area contributed by atoms with Gasteiger partial charge in [-0.15, -0.1) is 0 Å². The summed E-state index contributed by atoms with van der Waals surface area (Å²) < 4.78 is 84.5. The molecule has 9 saturated heterocycles. The number of hydrogen-bond donors (Lipinski definition) is 10. The second-order valence-corrected chi connectivity index (χ2v) is 43.1. The first-order valence-corrected chi connectivity index (χ1v) is 56.2. The first-order valence-electron chi connectivity index (χ1n) is 56.2. The Labute approximate surface area is 847 Å². The number of rotatable bonds is 64. The highest BCUT2D eigenvalue weighted by Gasteiger charge is 2.56. The average Bonchev–Trinajstić information content (AvgIpc) is 1.62. The van der Waals surface area contributed by atoms with Gasteiger partial charge in [-0.25, -0.2) is 0 Å². The van der Waals surface area contributed by atoms with Crippen molar-refractivity contribution in [3.05, 3.63) is 33.0 Å². The SMILES string of the molecule is CC1(C)OC2C(O)O[C@H](CO)[C@H]2O1.CCCCCCCCCCCCC=C[C@H]1OC(C)(C)O[C@H]1[C@H](O)CC.CCCCCCCCCCCCCC[C@H]1OC(C)(C)O[C@H]1[C@H](CC)N=[N+]=[N-].CCCCCCCCCCCCCC[C@H]1OC(C)(C)O[C@H]1[C@H](CO)N=[N+]=[N-].CCCCCCCCCCCCCC[C@H]1OC(C)(C)O[C@H]1[C@H](O)CC.CC[C@H]1OC(O)C2OC(C)(C)O[C@@H]21.OC[C@H]1OC(O)C(O)[C@@H]1O. The molecule has 9 fully saturated rings. The fourth-order valence-electron chi connectivity index (χ4n) is 19.9. The minimum atomic E-state index is -1.38. The number of unbranched alkanes of at least 4 members (excludes halogenated alkanes) is 43. The Morgan fingerprint density at radius 1 is 0.286 bits per heavy atom. The summed E-state index contributed by atoms with van der Waals surface area (Å²) in [4.78, 5) is 5.82. The normalized spacial score (nSPS) is 29.6. The molecule has 0 aromatic heterocycles. The number of aliphatic hydroxyl groups is 10. The molecule has 9 heterocycles. The van der Waals surface area contributed by atoms with Crippen molar-refractivity contribution in [3.63, 3.8) is 0 Å². The maximum Gasteiger partial charge on any atom is 0.184 e. The number of ether oxygens (including phenoxy) is 15. The number of fused-ring (bicyclic) bond motifs is 2. The highest BCUT2D eigenvalue weighted by molar-refractivity contribution is 5.01. The van der Waals surface area contributed by atoms with Gasteiger partial charge in [0.2, 0.25) is 0 Å². The molecule has 0 aliphatic carbocycles. The zero-order chi connectivity index (χ0) is 104. The van der Waals surface area contributed by atoms with Gasteiger partial charge in [-0.05, 0) is 152 Å². The van der Waals surface area contributed by atoms with Gasteiger partial charge in [0, 0.05) is 9.82 Å². The lowest BCUT2D eigenvalue weighted by Gasteiger charge is -2.21. The second kappa shape index (κ2) is 74.3. The lowest BCUT2D eigenvalue weighted by Crippen LogP contribution is -2.36. The minimum Gasteiger partial charge on any atom is -0.396 e. The second-order valence-electron chi connectivity index (χ2n) is 43.1. The van der Waals surface area contributed by atoms with Crippen LogP contribution in [0.5, 0.6) is 0 Å². The van der Waals surface area contributed by atoms with Crippen LogP contribution in [0.15, 0.2) is 22.4 Å². The van der Waals surface area contributed by atoms with E-state index in [4.69, 9.17) is 103 Å². The molecule has 140 heavy (non-hydrogen) atoms. The van der Waals surface area contributed by atoms with Gasteiger partial charge in [-0.1, -0.05) is 367 Å². The Balaban J connectivity index is 0.000000430. The number of hydrogen-bond acceptors (Lipinski definition) is 27. The number of aliphatic hydroxyl groups excluding tert-OH is 10. The Morgan fingerprint density at radius 2 is 0.564 bits per heavy atom. The Morgan fingerprint density at radius 3 is 0.879 bits per heavy atom. The summed E-state index contributed by atoms with van der Waals surface area (Å²) in [6.07, 6.45) is 63.1. The van der Waals surface area contributed by atoms with Crippen molar-refractivity contribution < 1.29 is 122 Å². The fourth-order valence-corrected chi connectivity index (χ4v) is 19.9. The van der Waals surface area contributed by atoms with Gasteiger partial charge in [0.15, 0.2) is 53.6 Å². The van der Waals surface area contributed by atoms with E-state index in [9.17, 15) is 25.5 Å². The van der Waals surface area contributed by atoms with Crippen molar-refractivity contribution in [1.29, 1.82) is 0 Å². The number of nitrogens with zero attached hydrogens (tertiary/aromatic N) is 6. The van der Waals surface area contributed by atoms with Gasteiger partial charge in [-0.2, -0.15) is 0 Å². The summed E-state index contributed by atoms with van der Waals surface area (Å²) in [5.41, 5.74) is 17.5. The topological polar surface area (TPSA) is 438 Å². The van der Waals surface area contributed by atoms with E-state index in [-0.39, 0.29) is 92.5 Å².